The topological polar surface area (TPSA) is 49.4 Å². The van der Waals surface area contributed by atoms with Crippen LogP contribution in [0.3, 0.4) is 0 Å². The number of aryl methyl sites for hydroxylation is 2. The molecular formula is C20H20F2N2O2S. The highest BCUT2D eigenvalue weighted by Crippen LogP contribution is 2.24. The third kappa shape index (κ3) is 4.86. The smallest absolute Gasteiger partial charge is 0.248 e. The van der Waals surface area contributed by atoms with Gasteiger partial charge in [0.2, 0.25) is 11.8 Å². The zero-order valence-corrected chi connectivity index (χ0v) is 15.7. The van der Waals surface area contributed by atoms with E-state index in [1.165, 1.54) is 17.8 Å². The molecule has 0 radical (unpaired) electrons. The molecule has 142 valence electrons. The van der Waals surface area contributed by atoms with Gasteiger partial charge in [0.05, 0.1) is 5.88 Å². The van der Waals surface area contributed by atoms with E-state index in [1.54, 1.807) is 4.90 Å². The molecule has 1 saturated heterocycles. The van der Waals surface area contributed by atoms with Crippen LogP contribution in [0.15, 0.2) is 42.5 Å². The molecule has 4 nitrogen and oxygen atoms in total. The molecule has 0 aliphatic carbocycles. The third-order valence-electron chi connectivity index (χ3n) is 4.44. The predicted octanol–water partition coefficient (Wildman–Crippen LogP) is 3.75. The number of carbonyl (C=O) groups is 2. The zero-order chi connectivity index (χ0) is 19.4. The molecule has 1 N–H and O–H groups in total. The van der Waals surface area contributed by atoms with Crippen LogP contribution in [0.25, 0.3) is 0 Å². The van der Waals surface area contributed by atoms with Crippen molar-refractivity contribution in [1.29, 1.82) is 0 Å². The Balaban J connectivity index is 1.59. The van der Waals surface area contributed by atoms with Crippen molar-refractivity contribution in [3.8, 4) is 0 Å². The third-order valence-corrected chi connectivity index (χ3v) is 5.45. The van der Waals surface area contributed by atoms with Crippen LogP contribution in [0.1, 0.15) is 17.5 Å². The summed E-state index contributed by atoms with van der Waals surface area (Å²) in [7, 11) is 0. The van der Waals surface area contributed by atoms with E-state index in [1.807, 2.05) is 31.2 Å². The van der Waals surface area contributed by atoms with Gasteiger partial charge in [0.25, 0.3) is 0 Å². The molecule has 1 heterocycles. The molecule has 1 aliphatic heterocycles. The van der Waals surface area contributed by atoms with Crippen molar-refractivity contribution in [2.24, 2.45) is 0 Å². The first-order valence-electron chi connectivity index (χ1n) is 8.63. The van der Waals surface area contributed by atoms with Gasteiger partial charge in [-0.15, -0.1) is 11.8 Å². The van der Waals surface area contributed by atoms with Crippen LogP contribution >= 0.6 is 11.8 Å². The van der Waals surface area contributed by atoms with E-state index in [9.17, 15) is 18.4 Å². The average molecular weight is 390 g/mol. The number of amides is 2. The minimum atomic E-state index is -0.924. The van der Waals surface area contributed by atoms with Gasteiger partial charge in [0.15, 0.2) is 11.6 Å². The number of thioether (sulfide) groups is 1. The van der Waals surface area contributed by atoms with Crippen LogP contribution in [-0.2, 0) is 16.0 Å². The molecule has 2 aromatic carbocycles. The first-order valence-corrected chi connectivity index (χ1v) is 9.78. The van der Waals surface area contributed by atoms with E-state index in [4.69, 9.17) is 0 Å². The van der Waals surface area contributed by atoms with Gasteiger partial charge in [-0.05, 0) is 43.2 Å². The maximum atomic E-state index is 13.3. The summed E-state index contributed by atoms with van der Waals surface area (Å²) in [6.45, 7) is 1.96. The maximum Gasteiger partial charge on any atom is 0.248 e. The van der Waals surface area contributed by atoms with Gasteiger partial charge >= 0.3 is 0 Å². The quantitative estimate of drug-likeness (QED) is 0.846. The molecule has 2 amide bonds. The standard InChI is InChI=1S/C20H20F2N2O2S/c1-13-2-6-15(7-3-13)23-20(26)18-11-27-12-24(18)19(25)9-5-14-4-8-16(21)17(22)10-14/h2-4,6-8,10,18H,5,9,11-12H2,1H3,(H,23,26). The monoisotopic (exact) mass is 390 g/mol. The summed E-state index contributed by atoms with van der Waals surface area (Å²) in [5.41, 5.74) is 2.34. The van der Waals surface area contributed by atoms with Crippen molar-refractivity contribution in [3.63, 3.8) is 0 Å². The molecule has 3 rings (SSSR count). The van der Waals surface area contributed by atoms with Crippen LogP contribution in [0.5, 0.6) is 0 Å². The number of hydrogen-bond acceptors (Lipinski definition) is 3. The molecule has 0 bridgehead atoms. The molecule has 1 aliphatic rings. The summed E-state index contributed by atoms with van der Waals surface area (Å²) in [6.07, 6.45) is 0.434. The number of halogens is 2. The fraction of sp³-hybridized carbons (Fsp3) is 0.300. The summed E-state index contributed by atoms with van der Waals surface area (Å²) >= 11 is 1.52. The molecule has 2 aromatic rings. The van der Waals surface area contributed by atoms with Gasteiger partial charge in [-0.3, -0.25) is 9.59 Å². The van der Waals surface area contributed by atoms with Gasteiger partial charge in [-0.2, -0.15) is 0 Å². The number of nitrogens with one attached hydrogen (secondary N) is 1. The zero-order valence-electron chi connectivity index (χ0n) is 14.9. The first kappa shape index (κ1) is 19.4. The molecule has 1 fully saturated rings. The summed E-state index contributed by atoms with van der Waals surface area (Å²) < 4.78 is 26.3. The second-order valence-corrected chi connectivity index (χ2v) is 7.48. The molecular weight excluding hydrogens is 370 g/mol. The second kappa shape index (κ2) is 8.52. The van der Waals surface area contributed by atoms with Crippen molar-refractivity contribution in [1.82, 2.24) is 4.90 Å². The fourth-order valence-corrected chi connectivity index (χ4v) is 4.04. The highest BCUT2D eigenvalue weighted by atomic mass is 32.2. The van der Waals surface area contributed by atoms with Gasteiger partial charge < -0.3 is 10.2 Å². The lowest BCUT2D eigenvalue weighted by Gasteiger charge is -2.23. The Bertz CT molecular complexity index is 842. The van der Waals surface area contributed by atoms with Crippen molar-refractivity contribution in [3.05, 3.63) is 65.2 Å². The number of carbonyl (C=O) groups excluding carboxylic acids is 2. The van der Waals surface area contributed by atoms with E-state index >= 15 is 0 Å². The van der Waals surface area contributed by atoms with Crippen LogP contribution < -0.4 is 5.32 Å². The normalized spacial score (nSPS) is 16.4. The number of benzene rings is 2. The van der Waals surface area contributed by atoms with Crippen LogP contribution in [0.4, 0.5) is 14.5 Å². The lowest BCUT2D eigenvalue weighted by molar-refractivity contribution is -0.136. The second-order valence-electron chi connectivity index (χ2n) is 6.48. The van der Waals surface area contributed by atoms with Crippen molar-refractivity contribution < 1.29 is 18.4 Å². The van der Waals surface area contributed by atoms with E-state index in [0.29, 0.717) is 29.3 Å². The molecule has 0 saturated carbocycles. The lowest BCUT2D eigenvalue weighted by Crippen LogP contribution is -2.44. The molecule has 27 heavy (non-hydrogen) atoms. The Morgan fingerprint density at radius 3 is 2.59 bits per heavy atom. The van der Waals surface area contributed by atoms with Gasteiger partial charge in [-0.25, -0.2) is 8.78 Å². The predicted molar refractivity (Wildman–Crippen MR) is 102 cm³/mol. The van der Waals surface area contributed by atoms with E-state index < -0.39 is 17.7 Å². The number of rotatable bonds is 5. The minimum absolute atomic E-state index is 0.139. The van der Waals surface area contributed by atoms with E-state index in [2.05, 4.69) is 5.32 Å². The van der Waals surface area contributed by atoms with Gasteiger partial charge in [0.1, 0.15) is 6.04 Å². The summed E-state index contributed by atoms with van der Waals surface area (Å²) in [5.74, 6) is -1.24. The van der Waals surface area contributed by atoms with Gasteiger partial charge in [0, 0.05) is 17.9 Å². The Morgan fingerprint density at radius 1 is 1.15 bits per heavy atom. The minimum Gasteiger partial charge on any atom is -0.324 e. The summed E-state index contributed by atoms with van der Waals surface area (Å²) in [5, 5.41) is 2.85. The largest absolute Gasteiger partial charge is 0.324 e. The lowest BCUT2D eigenvalue weighted by atomic mass is 10.1. The van der Waals surface area contributed by atoms with E-state index in [-0.39, 0.29) is 18.2 Å². The number of hydrogen-bond donors (Lipinski definition) is 1. The Morgan fingerprint density at radius 2 is 1.89 bits per heavy atom. The highest BCUT2D eigenvalue weighted by molar-refractivity contribution is 7.99. The molecule has 0 aromatic heterocycles. The van der Waals surface area contributed by atoms with E-state index in [0.717, 1.165) is 17.7 Å². The molecule has 7 heteroatoms. The maximum absolute atomic E-state index is 13.3. The Hall–Kier alpha value is -2.41. The van der Waals surface area contributed by atoms with Crippen LogP contribution in [0.2, 0.25) is 0 Å². The number of anilines is 1. The molecule has 1 unspecified atom stereocenters. The summed E-state index contributed by atoms with van der Waals surface area (Å²) in [6, 6.07) is 10.5. The van der Waals surface area contributed by atoms with Crippen molar-refractivity contribution in [2.45, 2.75) is 25.8 Å². The molecule has 0 spiro atoms. The molecule has 1 atom stereocenters. The van der Waals surface area contributed by atoms with Crippen molar-refractivity contribution in [2.75, 3.05) is 16.9 Å². The van der Waals surface area contributed by atoms with Crippen LogP contribution in [0, 0.1) is 18.6 Å². The first-order chi connectivity index (χ1) is 12.9. The highest BCUT2D eigenvalue weighted by Gasteiger charge is 2.34. The average Bonchev–Trinajstić information content (AvgIpc) is 3.14. The van der Waals surface area contributed by atoms with Crippen molar-refractivity contribution >= 4 is 29.3 Å². The van der Waals surface area contributed by atoms with Gasteiger partial charge in [-0.1, -0.05) is 23.8 Å². The van der Waals surface area contributed by atoms with Crippen LogP contribution in [-0.4, -0.2) is 34.4 Å². The number of nitrogens with zero attached hydrogens (tertiary/aromatic N) is 1. The fourth-order valence-electron chi connectivity index (χ4n) is 2.86. The summed E-state index contributed by atoms with van der Waals surface area (Å²) in [4.78, 5) is 26.7. The SMILES string of the molecule is Cc1ccc(NC(=O)C2CSCN2C(=O)CCc2ccc(F)c(F)c2)cc1. The Kier molecular flexibility index (Phi) is 6.11. The Labute approximate surface area is 160 Å².